The van der Waals surface area contributed by atoms with Crippen LogP contribution in [0.15, 0.2) is 72.0 Å². The molecule has 28 heavy (non-hydrogen) atoms. The van der Waals surface area contributed by atoms with Crippen LogP contribution in [0.4, 0.5) is 5.69 Å². The van der Waals surface area contributed by atoms with Gasteiger partial charge in [0.25, 0.3) is 5.56 Å². The Bertz CT molecular complexity index is 1230. The maximum absolute atomic E-state index is 12.7. The van der Waals surface area contributed by atoms with E-state index >= 15 is 0 Å². The molecular formula is C21H17ClN4O2. The molecule has 0 aliphatic carbocycles. The zero-order valence-corrected chi connectivity index (χ0v) is 15.8. The molecule has 1 amide bonds. The average molecular weight is 393 g/mol. The minimum atomic E-state index is -0.327. The molecule has 2 heterocycles. The van der Waals surface area contributed by atoms with E-state index in [-0.39, 0.29) is 18.0 Å². The number of halogens is 1. The lowest BCUT2D eigenvalue weighted by atomic mass is 10.1. The highest BCUT2D eigenvalue weighted by molar-refractivity contribution is 6.30. The van der Waals surface area contributed by atoms with Crippen molar-refractivity contribution in [3.8, 4) is 5.69 Å². The SMILES string of the molecule is Cc1cccc2c(=O)n(CC(=O)Nc3ccc(Cl)cc3-n3cccc3)cnc12. The van der Waals surface area contributed by atoms with Crippen molar-refractivity contribution in [2.45, 2.75) is 13.5 Å². The standard InChI is InChI=1S/C21H17ClN4O2/c1-14-5-4-6-16-20(14)23-13-26(21(16)28)12-19(27)24-17-8-7-15(22)11-18(17)25-9-2-3-10-25/h2-11,13H,12H2,1H3,(H,24,27). The highest BCUT2D eigenvalue weighted by Crippen LogP contribution is 2.24. The normalized spacial score (nSPS) is 10.9. The number of aromatic nitrogens is 3. The second-order valence-corrected chi connectivity index (χ2v) is 6.89. The number of nitrogens with zero attached hydrogens (tertiary/aromatic N) is 3. The maximum Gasteiger partial charge on any atom is 0.261 e. The number of aryl methyl sites for hydroxylation is 1. The van der Waals surface area contributed by atoms with Gasteiger partial charge in [0, 0.05) is 17.4 Å². The second-order valence-electron chi connectivity index (χ2n) is 6.45. The third kappa shape index (κ3) is 3.42. The monoisotopic (exact) mass is 392 g/mol. The molecule has 0 aliphatic heterocycles. The van der Waals surface area contributed by atoms with Crippen molar-refractivity contribution in [3.63, 3.8) is 0 Å². The van der Waals surface area contributed by atoms with E-state index in [1.165, 1.54) is 10.9 Å². The zero-order valence-electron chi connectivity index (χ0n) is 15.1. The largest absolute Gasteiger partial charge is 0.323 e. The van der Waals surface area contributed by atoms with Crippen molar-refractivity contribution in [1.82, 2.24) is 14.1 Å². The summed E-state index contributed by atoms with van der Waals surface area (Å²) in [5, 5.41) is 3.91. The summed E-state index contributed by atoms with van der Waals surface area (Å²) in [6, 6.07) is 14.4. The molecule has 0 saturated carbocycles. The van der Waals surface area contributed by atoms with Gasteiger partial charge in [0.05, 0.1) is 28.6 Å². The Morgan fingerprint density at radius 3 is 2.71 bits per heavy atom. The van der Waals surface area contributed by atoms with E-state index in [9.17, 15) is 9.59 Å². The Morgan fingerprint density at radius 2 is 1.93 bits per heavy atom. The number of para-hydroxylation sites is 1. The quantitative estimate of drug-likeness (QED) is 0.574. The molecular weight excluding hydrogens is 376 g/mol. The molecule has 7 heteroatoms. The van der Waals surface area contributed by atoms with Crippen molar-refractivity contribution in [2.24, 2.45) is 0 Å². The molecule has 1 N–H and O–H groups in total. The van der Waals surface area contributed by atoms with Gasteiger partial charge in [0.15, 0.2) is 0 Å². The first-order valence-corrected chi connectivity index (χ1v) is 9.08. The lowest BCUT2D eigenvalue weighted by molar-refractivity contribution is -0.116. The molecule has 2 aromatic carbocycles. The summed E-state index contributed by atoms with van der Waals surface area (Å²) >= 11 is 6.11. The molecule has 0 radical (unpaired) electrons. The van der Waals surface area contributed by atoms with E-state index in [1.54, 1.807) is 24.3 Å². The summed E-state index contributed by atoms with van der Waals surface area (Å²) in [5.41, 5.74) is 2.67. The molecule has 140 valence electrons. The van der Waals surface area contributed by atoms with Crippen LogP contribution in [-0.4, -0.2) is 20.0 Å². The fourth-order valence-electron chi connectivity index (χ4n) is 3.11. The van der Waals surface area contributed by atoms with E-state index in [1.807, 2.05) is 48.1 Å². The summed E-state index contributed by atoms with van der Waals surface area (Å²) in [6.07, 6.45) is 5.13. The van der Waals surface area contributed by atoms with Crippen LogP contribution in [0.3, 0.4) is 0 Å². The summed E-state index contributed by atoms with van der Waals surface area (Å²) in [6.45, 7) is 1.76. The van der Waals surface area contributed by atoms with Crippen molar-refractivity contribution < 1.29 is 4.79 Å². The van der Waals surface area contributed by atoms with Gasteiger partial charge in [-0.1, -0.05) is 23.7 Å². The van der Waals surface area contributed by atoms with Crippen LogP contribution < -0.4 is 10.9 Å². The number of anilines is 1. The summed E-state index contributed by atoms with van der Waals surface area (Å²) in [7, 11) is 0. The Kier molecular flexibility index (Phi) is 4.71. The zero-order chi connectivity index (χ0) is 19.7. The number of carbonyl (C=O) groups excluding carboxylic acids is 1. The van der Waals surface area contributed by atoms with Crippen molar-refractivity contribution >= 4 is 34.1 Å². The van der Waals surface area contributed by atoms with E-state index in [0.29, 0.717) is 21.6 Å². The van der Waals surface area contributed by atoms with E-state index in [2.05, 4.69) is 10.3 Å². The van der Waals surface area contributed by atoms with E-state index in [0.717, 1.165) is 11.3 Å². The number of hydrogen-bond acceptors (Lipinski definition) is 3. The fourth-order valence-corrected chi connectivity index (χ4v) is 3.28. The van der Waals surface area contributed by atoms with Gasteiger partial charge in [-0.3, -0.25) is 14.2 Å². The fraction of sp³-hybridized carbons (Fsp3) is 0.0952. The predicted octanol–water partition coefficient (Wildman–Crippen LogP) is 3.79. The van der Waals surface area contributed by atoms with Crippen LogP contribution in [0, 0.1) is 6.92 Å². The number of hydrogen-bond donors (Lipinski definition) is 1. The van der Waals surface area contributed by atoms with Crippen molar-refractivity contribution in [1.29, 1.82) is 0 Å². The van der Waals surface area contributed by atoms with E-state index in [4.69, 9.17) is 11.6 Å². The van der Waals surface area contributed by atoms with Crippen LogP contribution in [0.1, 0.15) is 5.56 Å². The number of nitrogens with one attached hydrogen (secondary N) is 1. The molecule has 4 rings (SSSR count). The Balaban J connectivity index is 1.62. The topological polar surface area (TPSA) is 68.9 Å². The van der Waals surface area contributed by atoms with Crippen LogP contribution in [-0.2, 0) is 11.3 Å². The first-order chi connectivity index (χ1) is 13.5. The van der Waals surface area contributed by atoms with Crippen LogP contribution in [0.2, 0.25) is 5.02 Å². The smallest absolute Gasteiger partial charge is 0.261 e. The van der Waals surface area contributed by atoms with Gasteiger partial charge in [-0.25, -0.2) is 4.98 Å². The number of fused-ring (bicyclic) bond motifs is 1. The highest BCUT2D eigenvalue weighted by atomic mass is 35.5. The lowest BCUT2D eigenvalue weighted by Gasteiger charge is -2.13. The van der Waals surface area contributed by atoms with Gasteiger partial charge in [-0.2, -0.15) is 0 Å². The van der Waals surface area contributed by atoms with Gasteiger partial charge < -0.3 is 9.88 Å². The molecule has 4 aromatic rings. The Morgan fingerprint density at radius 1 is 1.14 bits per heavy atom. The summed E-state index contributed by atoms with van der Waals surface area (Å²) < 4.78 is 3.16. The molecule has 0 spiro atoms. The number of amides is 1. The molecule has 6 nitrogen and oxygen atoms in total. The Labute approximate surface area is 166 Å². The van der Waals surface area contributed by atoms with Crippen molar-refractivity contribution in [3.05, 3.63) is 88.2 Å². The molecule has 0 aliphatic rings. The predicted molar refractivity (Wildman–Crippen MR) is 110 cm³/mol. The van der Waals surface area contributed by atoms with Gasteiger partial charge in [-0.15, -0.1) is 0 Å². The average Bonchev–Trinajstić information content (AvgIpc) is 3.20. The lowest BCUT2D eigenvalue weighted by Crippen LogP contribution is -2.28. The highest BCUT2D eigenvalue weighted by Gasteiger charge is 2.12. The van der Waals surface area contributed by atoms with Gasteiger partial charge >= 0.3 is 0 Å². The van der Waals surface area contributed by atoms with E-state index < -0.39 is 0 Å². The minimum Gasteiger partial charge on any atom is -0.323 e. The molecule has 0 fully saturated rings. The van der Waals surface area contributed by atoms with Crippen LogP contribution in [0.25, 0.3) is 16.6 Å². The molecule has 0 saturated heterocycles. The summed E-state index contributed by atoms with van der Waals surface area (Å²) in [5.74, 6) is -0.327. The van der Waals surface area contributed by atoms with Crippen molar-refractivity contribution in [2.75, 3.05) is 5.32 Å². The number of carbonyl (C=O) groups is 1. The minimum absolute atomic E-state index is 0.135. The van der Waals surface area contributed by atoms with Crippen LogP contribution in [0.5, 0.6) is 0 Å². The van der Waals surface area contributed by atoms with Gasteiger partial charge in [0.1, 0.15) is 6.54 Å². The van der Waals surface area contributed by atoms with Crippen LogP contribution >= 0.6 is 11.6 Å². The molecule has 0 bridgehead atoms. The van der Waals surface area contributed by atoms with Gasteiger partial charge in [0.2, 0.25) is 5.91 Å². The van der Waals surface area contributed by atoms with Gasteiger partial charge in [-0.05, 0) is 48.9 Å². The molecule has 2 aromatic heterocycles. The molecule has 0 unspecified atom stereocenters. The number of benzene rings is 2. The third-order valence-corrected chi connectivity index (χ3v) is 4.72. The first kappa shape index (κ1) is 18.0. The summed E-state index contributed by atoms with van der Waals surface area (Å²) in [4.78, 5) is 29.6. The second kappa shape index (κ2) is 7.32. The Hall–Kier alpha value is -3.38. The maximum atomic E-state index is 12.7. The number of rotatable bonds is 4. The first-order valence-electron chi connectivity index (χ1n) is 8.70. The molecule has 0 atom stereocenters. The third-order valence-electron chi connectivity index (χ3n) is 4.49.